The maximum absolute atomic E-state index is 5.87. The number of rotatable bonds is 4. The molecule has 2 N–H and O–H groups in total. The Kier molecular flexibility index (Phi) is 4.42. The fourth-order valence-corrected chi connectivity index (χ4v) is 2.10. The number of aryl methyl sites for hydroxylation is 1. The van der Waals surface area contributed by atoms with Crippen LogP contribution < -0.4 is 5.73 Å². The van der Waals surface area contributed by atoms with Gasteiger partial charge in [0.1, 0.15) is 5.82 Å². The first-order valence-electron chi connectivity index (χ1n) is 6.17. The number of morpholine rings is 1. The molecule has 1 aliphatic rings. The lowest BCUT2D eigenvalue weighted by atomic mass is 10.1. The Hall–Kier alpha value is -1.04. The van der Waals surface area contributed by atoms with E-state index in [9.17, 15) is 0 Å². The van der Waals surface area contributed by atoms with Crippen LogP contribution >= 0.6 is 0 Å². The van der Waals surface area contributed by atoms with Crippen molar-refractivity contribution in [3.05, 3.63) is 23.8 Å². The van der Waals surface area contributed by atoms with Gasteiger partial charge in [-0.15, -0.1) is 0 Å². The van der Waals surface area contributed by atoms with Crippen molar-refractivity contribution >= 4 is 0 Å². The zero-order chi connectivity index (χ0) is 12.1. The molecule has 1 aliphatic heterocycles. The van der Waals surface area contributed by atoms with Gasteiger partial charge in [-0.05, 0) is 0 Å². The summed E-state index contributed by atoms with van der Waals surface area (Å²) < 4.78 is 5.35. The van der Waals surface area contributed by atoms with E-state index in [2.05, 4.69) is 21.8 Å². The van der Waals surface area contributed by atoms with Gasteiger partial charge in [-0.2, -0.15) is 0 Å². The van der Waals surface area contributed by atoms with Crippen LogP contribution in [0.2, 0.25) is 0 Å². The molecule has 2 rings (SSSR count). The van der Waals surface area contributed by atoms with Crippen LogP contribution in [0.1, 0.15) is 24.4 Å². The summed E-state index contributed by atoms with van der Waals surface area (Å²) in [6.07, 6.45) is 4.67. The van der Waals surface area contributed by atoms with E-state index >= 15 is 0 Å². The standard InChI is InChI=1S/C12H20N4O/c1-2-12-14-8-10(9-15-12)11(7-13)16-3-5-17-6-4-16/h8-9,11H,2-7,13H2,1H3. The number of nitrogens with two attached hydrogens (primary N) is 1. The van der Waals surface area contributed by atoms with Gasteiger partial charge in [-0.25, -0.2) is 9.97 Å². The summed E-state index contributed by atoms with van der Waals surface area (Å²) in [7, 11) is 0. The molecule has 1 aromatic rings. The largest absolute Gasteiger partial charge is 0.379 e. The summed E-state index contributed by atoms with van der Waals surface area (Å²) >= 11 is 0. The quantitative estimate of drug-likeness (QED) is 0.818. The molecule has 0 bridgehead atoms. The average Bonchev–Trinajstić information content (AvgIpc) is 2.42. The minimum atomic E-state index is 0.213. The smallest absolute Gasteiger partial charge is 0.127 e. The summed E-state index contributed by atoms with van der Waals surface area (Å²) in [5.41, 5.74) is 6.97. The number of ether oxygens (including phenoxy) is 1. The molecule has 0 radical (unpaired) electrons. The van der Waals surface area contributed by atoms with Crippen LogP contribution in [0.4, 0.5) is 0 Å². The molecule has 1 aromatic heterocycles. The molecule has 5 nitrogen and oxygen atoms in total. The number of aromatic nitrogens is 2. The van der Waals surface area contributed by atoms with E-state index in [0.717, 1.165) is 44.1 Å². The summed E-state index contributed by atoms with van der Waals surface area (Å²) in [5.74, 6) is 0.881. The number of hydrogen-bond acceptors (Lipinski definition) is 5. The minimum absolute atomic E-state index is 0.213. The van der Waals surface area contributed by atoms with E-state index in [1.807, 2.05) is 12.4 Å². The van der Waals surface area contributed by atoms with Crippen molar-refractivity contribution in [2.75, 3.05) is 32.8 Å². The molecule has 1 unspecified atom stereocenters. The summed E-state index contributed by atoms with van der Waals surface area (Å²) in [6.45, 7) is 6.07. The second kappa shape index (κ2) is 6.05. The van der Waals surface area contributed by atoms with Crippen LogP contribution in [0.5, 0.6) is 0 Å². The van der Waals surface area contributed by atoms with Crippen LogP contribution in [-0.2, 0) is 11.2 Å². The average molecular weight is 236 g/mol. The summed E-state index contributed by atoms with van der Waals surface area (Å²) in [6, 6.07) is 0.213. The van der Waals surface area contributed by atoms with Crippen LogP contribution in [-0.4, -0.2) is 47.7 Å². The monoisotopic (exact) mass is 236 g/mol. The first-order valence-corrected chi connectivity index (χ1v) is 6.17. The van der Waals surface area contributed by atoms with E-state index in [-0.39, 0.29) is 6.04 Å². The summed E-state index contributed by atoms with van der Waals surface area (Å²) in [5, 5.41) is 0. The molecule has 0 saturated carbocycles. The van der Waals surface area contributed by atoms with Gasteiger partial charge in [0.2, 0.25) is 0 Å². The lowest BCUT2D eigenvalue weighted by Gasteiger charge is -2.33. The molecular formula is C12H20N4O. The Bertz CT molecular complexity index is 335. The van der Waals surface area contributed by atoms with Crippen molar-refractivity contribution in [2.24, 2.45) is 5.73 Å². The Morgan fingerprint density at radius 3 is 2.53 bits per heavy atom. The first kappa shape index (κ1) is 12.4. The lowest BCUT2D eigenvalue weighted by Crippen LogP contribution is -2.41. The highest BCUT2D eigenvalue weighted by molar-refractivity contribution is 5.12. The van der Waals surface area contributed by atoms with Gasteiger partial charge in [0.05, 0.1) is 19.3 Å². The molecule has 0 aliphatic carbocycles. The van der Waals surface area contributed by atoms with Crippen LogP contribution in [0.15, 0.2) is 12.4 Å². The highest BCUT2D eigenvalue weighted by Gasteiger charge is 2.21. The molecular weight excluding hydrogens is 216 g/mol. The molecule has 1 fully saturated rings. The Morgan fingerprint density at radius 2 is 2.00 bits per heavy atom. The SMILES string of the molecule is CCc1ncc(C(CN)N2CCOCC2)cn1. The predicted molar refractivity (Wildman–Crippen MR) is 65.6 cm³/mol. The molecule has 5 heteroatoms. The molecule has 17 heavy (non-hydrogen) atoms. The fourth-order valence-electron chi connectivity index (χ4n) is 2.10. The second-order valence-corrected chi connectivity index (χ2v) is 4.19. The number of nitrogens with zero attached hydrogens (tertiary/aromatic N) is 3. The van der Waals surface area contributed by atoms with Gasteiger partial charge < -0.3 is 10.5 Å². The van der Waals surface area contributed by atoms with E-state index in [4.69, 9.17) is 10.5 Å². The zero-order valence-electron chi connectivity index (χ0n) is 10.3. The van der Waals surface area contributed by atoms with Gasteiger partial charge in [0.15, 0.2) is 0 Å². The highest BCUT2D eigenvalue weighted by atomic mass is 16.5. The Balaban J connectivity index is 2.10. The van der Waals surface area contributed by atoms with Crippen LogP contribution in [0.3, 0.4) is 0 Å². The Labute approximate surface area is 102 Å². The van der Waals surface area contributed by atoms with Gasteiger partial charge in [0, 0.05) is 44.0 Å². The maximum Gasteiger partial charge on any atom is 0.127 e. The molecule has 94 valence electrons. The van der Waals surface area contributed by atoms with E-state index in [1.165, 1.54) is 0 Å². The zero-order valence-corrected chi connectivity index (χ0v) is 10.3. The van der Waals surface area contributed by atoms with Crippen molar-refractivity contribution < 1.29 is 4.74 Å². The highest BCUT2D eigenvalue weighted by Crippen LogP contribution is 2.19. The number of hydrogen-bond donors (Lipinski definition) is 1. The van der Waals surface area contributed by atoms with Crippen molar-refractivity contribution in [2.45, 2.75) is 19.4 Å². The van der Waals surface area contributed by atoms with E-state index < -0.39 is 0 Å². The molecule has 1 saturated heterocycles. The molecule has 0 spiro atoms. The fraction of sp³-hybridized carbons (Fsp3) is 0.667. The van der Waals surface area contributed by atoms with Gasteiger partial charge in [0.25, 0.3) is 0 Å². The maximum atomic E-state index is 5.87. The topological polar surface area (TPSA) is 64.3 Å². The molecule has 2 heterocycles. The van der Waals surface area contributed by atoms with E-state index in [1.54, 1.807) is 0 Å². The third-order valence-electron chi connectivity index (χ3n) is 3.14. The van der Waals surface area contributed by atoms with Crippen molar-refractivity contribution in [1.82, 2.24) is 14.9 Å². The van der Waals surface area contributed by atoms with E-state index in [0.29, 0.717) is 6.54 Å². The second-order valence-electron chi connectivity index (χ2n) is 4.19. The van der Waals surface area contributed by atoms with Crippen LogP contribution in [0.25, 0.3) is 0 Å². The van der Waals surface area contributed by atoms with Crippen molar-refractivity contribution in [3.8, 4) is 0 Å². The van der Waals surface area contributed by atoms with Crippen molar-refractivity contribution in [3.63, 3.8) is 0 Å². The minimum Gasteiger partial charge on any atom is -0.379 e. The normalized spacial score (nSPS) is 19.2. The third-order valence-corrected chi connectivity index (χ3v) is 3.14. The van der Waals surface area contributed by atoms with Crippen molar-refractivity contribution in [1.29, 1.82) is 0 Å². The summed E-state index contributed by atoms with van der Waals surface area (Å²) in [4.78, 5) is 11.0. The third kappa shape index (κ3) is 3.00. The van der Waals surface area contributed by atoms with Crippen LogP contribution in [0, 0.1) is 0 Å². The van der Waals surface area contributed by atoms with Gasteiger partial charge >= 0.3 is 0 Å². The lowest BCUT2D eigenvalue weighted by molar-refractivity contribution is 0.0177. The molecule has 0 amide bonds. The first-order chi connectivity index (χ1) is 8.35. The predicted octanol–water partition coefficient (Wildman–Crippen LogP) is 0.371. The molecule has 1 atom stereocenters. The van der Waals surface area contributed by atoms with Gasteiger partial charge in [-0.3, -0.25) is 4.90 Å². The van der Waals surface area contributed by atoms with Gasteiger partial charge in [-0.1, -0.05) is 6.92 Å². The Morgan fingerprint density at radius 1 is 1.35 bits per heavy atom. The molecule has 0 aromatic carbocycles.